The van der Waals surface area contributed by atoms with Gasteiger partial charge < -0.3 is 17.6 Å². The van der Waals surface area contributed by atoms with Crippen molar-refractivity contribution in [2.45, 2.75) is 83.3 Å². The molecule has 6 rings (SSSR count). The van der Waals surface area contributed by atoms with E-state index in [1.165, 1.54) is 16.9 Å². The molecule has 0 bridgehead atoms. The first-order valence-corrected chi connectivity index (χ1v) is 16.2. The number of para-hydroxylation sites is 1. The molecule has 7 atom stereocenters. The lowest BCUT2D eigenvalue weighted by Crippen LogP contribution is -2.61. The molecule has 0 aromatic heterocycles. The summed E-state index contributed by atoms with van der Waals surface area (Å²) in [4.78, 5) is 2.46. The minimum Gasteiger partial charge on any atom is -0.478 e. The van der Waals surface area contributed by atoms with Gasteiger partial charge in [-0.3, -0.25) is 5.01 Å². The van der Waals surface area contributed by atoms with Gasteiger partial charge in [-0.2, -0.15) is 0 Å². The second-order valence-corrected chi connectivity index (χ2v) is 13.4. The predicted octanol–water partition coefficient (Wildman–Crippen LogP) is 5.55. The number of anilines is 2. The number of hydrogen-bond acceptors (Lipinski definition) is 6. The van der Waals surface area contributed by atoms with E-state index in [2.05, 4.69) is 85.5 Å². The minimum atomic E-state index is -1.23. The molecule has 0 radical (unpaired) electrons. The molecule has 2 N–H and O–H groups in total. The fourth-order valence-electron chi connectivity index (χ4n) is 7.42. The number of unbranched alkanes of at least 4 members (excludes halogenated alkanes) is 1. The van der Waals surface area contributed by atoms with E-state index >= 15 is 0 Å². The Hall–Kier alpha value is -1.56. The molecule has 0 amide bonds. The summed E-state index contributed by atoms with van der Waals surface area (Å²) < 4.78 is 13.1. The number of nitrogens with one attached hydrogen (secondary N) is 1. The van der Waals surface area contributed by atoms with Crippen LogP contribution in [0.5, 0.6) is 0 Å². The first-order valence-electron chi connectivity index (χ1n) is 14.7. The van der Waals surface area contributed by atoms with E-state index in [1.807, 2.05) is 12.1 Å². The number of benzene rings is 2. The van der Waals surface area contributed by atoms with Crippen molar-refractivity contribution < 1.29 is 12.7 Å². The maximum Gasteiger partial charge on any atom is 0.651 e. The van der Waals surface area contributed by atoms with Gasteiger partial charge in [0.1, 0.15) is 6.23 Å². The van der Waals surface area contributed by atoms with Gasteiger partial charge >= 0.3 is 15.9 Å². The Labute approximate surface area is 244 Å². The zero-order chi connectivity index (χ0) is 27.3. The van der Waals surface area contributed by atoms with Crippen LogP contribution in [0.25, 0.3) is 0 Å². The molecular formula is C31H41AlClN3O3. The molecule has 0 spiro atoms. The third kappa shape index (κ3) is 4.65. The smallest absolute Gasteiger partial charge is 0.478 e. The van der Waals surface area contributed by atoms with E-state index < -0.39 is 22.0 Å². The van der Waals surface area contributed by atoms with E-state index in [-0.39, 0.29) is 41.5 Å². The highest BCUT2D eigenvalue weighted by molar-refractivity contribution is 6.30. The van der Waals surface area contributed by atoms with Gasteiger partial charge in [0, 0.05) is 58.3 Å². The second-order valence-electron chi connectivity index (χ2n) is 12.1. The largest absolute Gasteiger partial charge is 0.651 e. The third-order valence-corrected chi connectivity index (χ3v) is 10.7. The second kappa shape index (κ2) is 11.0. The van der Waals surface area contributed by atoms with Crippen LogP contribution in [0.2, 0.25) is 5.02 Å². The van der Waals surface area contributed by atoms with Gasteiger partial charge in [0.2, 0.25) is 0 Å². The summed E-state index contributed by atoms with van der Waals surface area (Å²) in [6.07, 6.45) is 6.05. The molecule has 4 aliphatic rings. The summed E-state index contributed by atoms with van der Waals surface area (Å²) in [6, 6.07) is 16.9. The highest BCUT2D eigenvalue weighted by atomic mass is 35.5. The Morgan fingerprint density at radius 3 is 2.62 bits per heavy atom. The molecule has 1 aliphatic carbocycles. The fraction of sp³-hybridized carbons (Fsp3) is 0.548. The summed E-state index contributed by atoms with van der Waals surface area (Å²) in [6.45, 7) is 9.97. The average molecular weight is 566 g/mol. The van der Waals surface area contributed by atoms with Gasteiger partial charge in [0.25, 0.3) is 0 Å². The number of nitrogens with zero attached hydrogens (tertiary/aromatic N) is 2. The van der Waals surface area contributed by atoms with Gasteiger partial charge in [0.15, 0.2) is 0 Å². The number of rotatable bonds is 7. The molecule has 2 aromatic rings. The van der Waals surface area contributed by atoms with Crippen molar-refractivity contribution in [2.24, 2.45) is 17.8 Å². The lowest BCUT2D eigenvalue weighted by molar-refractivity contribution is -0.141. The van der Waals surface area contributed by atoms with Crippen LogP contribution in [-0.2, 0) is 13.0 Å². The molecule has 3 fully saturated rings. The zero-order valence-electron chi connectivity index (χ0n) is 23.5. The van der Waals surface area contributed by atoms with Crippen molar-refractivity contribution in [1.82, 2.24) is 5.43 Å². The van der Waals surface area contributed by atoms with E-state index in [0.717, 1.165) is 42.9 Å². The minimum absolute atomic E-state index is 0.0258. The Balaban J connectivity index is 1.32. The Kier molecular flexibility index (Phi) is 7.80. The van der Waals surface area contributed by atoms with Gasteiger partial charge in [-0.1, -0.05) is 76.4 Å². The molecule has 2 aromatic carbocycles. The maximum atomic E-state index is 11.8. The first kappa shape index (κ1) is 27.6. The predicted molar refractivity (Wildman–Crippen MR) is 159 cm³/mol. The van der Waals surface area contributed by atoms with Gasteiger partial charge in [-0.05, 0) is 48.7 Å². The van der Waals surface area contributed by atoms with Crippen LogP contribution in [0.15, 0.2) is 60.3 Å². The number of fused-ring (bicyclic) bond motifs is 4. The van der Waals surface area contributed by atoms with E-state index in [1.54, 1.807) is 0 Å². The Bertz CT molecular complexity index is 1210. The number of hydrazine groups is 1. The zero-order valence-corrected chi connectivity index (χ0v) is 25.7. The highest BCUT2D eigenvalue weighted by Gasteiger charge is 2.61. The monoisotopic (exact) mass is 565 g/mol. The highest BCUT2D eigenvalue weighted by Crippen LogP contribution is 2.54. The molecule has 8 heteroatoms. The number of aliphatic hydroxyl groups is 1. The van der Waals surface area contributed by atoms with Crippen LogP contribution in [-0.4, -0.2) is 52.0 Å². The normalized spacial score (nSPS) is 33.7. The molecule has 39 heavy (non-hydrogen) atoms. The topological polar surface area (TPSA) is 57.2 Å². The van der Waals surface area contributed by atoms with Crippen molar-refractivity contribution in [3.8, 4) is 0 Å². The summed E-state index contributed by atoms with van der Waals surface area (Å²) in [7, 11) is 0. The summed E-state index contributed by atoms with van der Waals surface area (Å²) in [5.41, 5.74) is 8.39. The van der Waals surface area contributed by atoms with Gasteiger partial charge in [0.05, 0.1) is 11.8 Å². The molecule has 1 saturated carbocycles. The van der Waals surface area contributed by atoms with Crippen LogP contribution in [0.1, 0.15) is 58.9 Å². The molecule has 3 aliphatic heterocycles. The van der Waals surface area contributed by atoms with E-state index in [4.69, 9.17) is 19.2 Å². The first-order chi connectivity index (χ1) is 18.9. The van der Waals surface area contributed by atoms with Crippen LogP contribution >= 0.6 is 11.6 Å². The van der Waals surface area contributed by atoms with Gasteiger partial charge in [-0.15, -0.1) is 0 Å². The standard InChI is InChI=1S/C31H40ClN3O3.Al.H/c1-5-7-16-34-24-15-14-19(32)17-22(24)31(3,4)25(34)18-21-28(36)27(29(21)37)26-23(11-6-2)33-35(30(26)38)20-12-9-8-10-13-20;;/h8-10,12-15,17-18,21,23,26-30,33,36H,5-7,11,16H2,1-4H3;;/q-2;+2;. The number of hydrogen-bond donors (Lipinski definition) is 2. The van der Waals surface area contributed by atoms with Crippen LogP contribution in [0, 0.1) is 17.8 Å². The van der Waals surface area contributed by atoms with Crippen molar-refractivity contribution in [3.05, 3.63) is 70.9 Å². The summed E-state index contributed by atoms with van der Waals surface area (Å²) in [5.74, 6) is 0.148. The van der Waals surface area contributed by atoms with E-state index in [9.17, 15) is 5.11 Å². The Morgan fingerprint density at radius 2 is 1.87 bits per heavy atom. The van der Waals surface area contributed by atoms with Crippen molar-refractivity contribution in [1.29, 1.82) is 0 Å². The Morgan fingerprint density at radius 1 is 1.08 bits per heavy atom. The number of allylic oxidation sites excluding steroid dienone is 1. The number of aliphatic hydroxyl groups excluding tert-OH is 1. The van der Waals surface area contributed by atoms with Crippen molar-refractivity contribution in [3.63, 3.8) is 0 Å². The molecule has 208 valence electrons. The summed E-state index contributed by atoms with van der Waals surface area (Å²) >= 11 is 5.23. The fourth-order valence-corrected chi connectivity index (χ4v) is 8.79. The van der Waals surface area contributed by atoms with Crippen molar-refractivity contribution >= 4 is 38.9 Å². The van der Waals surface area contributed by atoms with Crippen LogP contribution in [0.3, 0.4) is 0 Å². The number of halogens is 1. The molecule has 2 saturated heterocycles. The molecule has 6 nitrogen and oxygen atoms in total. The third-order valence-electron chi connectivity index (χ3n) is 9.42. The van der Waals surface area contributed by atoms with E-state index in [0.29, 0.717) is 0 Å². The van der Waals surface area contributed by atoms with Crippen molar-refractivity contribution in [2.75, 3.05) is 16.5 Å². The van der Waals surface area contributed by atoms with Crippen LogP contribution < -0.4 is 15.3 Å². The molecular weight excluding hydrogens is 525 g/mol. The quantitative estimate of drug-likeness (QED) is 0.430. The average Bonchev–Trinajstić information content (AvgIpc) is 3.29. The SMILES string of the molecule is CCCCN1C(=CC2C(O)C3C2[O][AlH][O]C2C3C(CCC)NN2c2ccccc2)C(C)(C)c2cc(Cl)ccc21. The van der Waals surface area contributed by atoms with Crippen LogP contribution in [0.4, 0.5) is 11.4 Å². The lowest BCUT2D eigenvalue weighted by Gasteiger charge is -2.52. The van der Waals surface area contributed by atoms with Gasteiger partial charge in [-0.25, -0.2) is 5.43 Å². The molecule has 7 unspecified atom stereocenters. The summed E-state index contributed by atoms with van der Waals surface area (Å²) in [5, 5.41) is 14.8. The maximum absolute atomic E-state index is 11.8. The molecule has 3 heterocycles. The lowest BCUT2D eigenvalue weighted by atomic mass is 9.60.